The molecule has 1 aliphatic heterocycles. The summed E-state index contributed by atoms with van der Waals surface area (Å²) < 4.78 is 12.2. The second-order valence-electron chi connectivity index (χ2n) is 6.76. The highest BCUT2D eigenvalue weighted by Crippen LogP contribution is 2.39. The normalized spacial score (nSPS) is 19.4. The lowest BCUT2D eigenvalue weighted by atomic mass is 9.78. The Labute approximate surface area is 147 Å². The summed E-state index contributed by atoms with van der Waals surface area (Å²) >= 11 is 1.20. The predicted octanol–water partition coefficient (Wildman–Crippen LogP) is 3.19. The molecular formula is C17H22BNO4S. The van der Waals surface area contributed by atoms with E-state index < -0.39 is 18.3 Å². The van der Waals surface area contributed by atoms with Gasteiger partial charge in [-0.3, -0.25) is 14.6 Å². The molecule has 7 heteroatoms. The molecule has 0 radical (unpaired) electrons. The molecule has 0 atom stereocenters. The molecule has 128 valence electrons. The Bertz CT molecular complexity index is 656. The molecule has 0 aliphatic carbocycles. The Hall–Kier alpha value is -1.44. The zero-order chi connectivity index (χ0) is 18.0. The zero-order valence-electron chi connectivity index (χ0n) is 14.7. The molecule has 24 heavy (non-hydrogen) atoms. The summed E-state index contributed by atoms with van der Waals surface area (Å²) in [5.41, 5.74) is 1.18. The van der Waals surface area contributed by atoms with Gasteiger partial charge in [-0.1, -0.05) is 17.8 Å². The fraction of sp³-hybridized carbons (Fsp3) is 0.471. The van der Waals surface area contributed by atoms with Crippen LogP contribution < -0.4 is 0 Å². The third kappa shape index (κ3) is 4.34. The number of carbonyl (C=O) groups excluding carboxylic acids is 2. The van der Waals surface area contributed by atoms with E-state index in [4.69, 9.17) is 9.31 Å². The van der Waals surface area contributed by atoms with Gasteiger partial charge in [-0.15, -0.1) is 0 Å². The molecule has 1 aromatic rings. The fourth-order valence-electron chi connectivity index (χ4n) is 2.19. The number of aromatic nitrogens is 1. The van der Waals surface area contributed by atoms with Gasteiger partial charge in [-0.25, -0.2) is 0 Å². The molecule has 1 aliphatic rings. The summed E-state index contributed by atoms with van der Waals surface area (Å²) in [5, 5.41) is 0.0252. The monoisotopic (exact) mass is 347 g/mol. The van der Waals surface area contributed by atoms with E-state index in [0.29, 0.717) is 11.3 Å². The van der Waals surface area contributed by atoms with Crippen molar-refractivity contribution in [3.63, 3.8) is 0 Å². The summed E-state index contributed by atoms with van der Waals surface area (Å²) in [6, 6.07) is 1.74. The van der Waals surface area contributed by atoms with Crippen LogP contribution in [0.4, 0.5) is 0 Å². The van der Waals surface area contributed by atoms with Gasteiger partial charge in [0.05, 0.1) is 11.2 Å². The Kier molecular flexibility index (Phi) is 5.68. The van der Waals surface area contributed by atoms with E-state index in [1.54, 1.807) is 12.3 Å². The lowest BCUT2D eigenvalue weighted by Gasteiger charge is -2.32. The van der Waals surface area contributed by atoms with Crippen LogP contribution in [-0.4, -0.2) is 40.5 Å². The SMILES string of the molecule is CC(=O)SCC(=Cc1cncc(C=O)c1)B1OC(C)(C)C(C)(C)O1. The van der Waals surface area contributed by atoms with E-state index in [1.165, 1.54) is 24.9 Å². The molecule has 0 spiro atoms. The number of hydrogen-bond acceptors (Lipinski definition) is 6. The standard InChI is InChI=1S/C17H22BNO4S/c1-12(21)24-11-15(7-13-6-14(10-20)9-19-8-13)18-22-16(2,3)17(4,5)23-18/h6-10H,11H2,1-5H3. The van der Waals surface area contributed by atoms with Crippen molar-refractivity contribution in [3.8, 4) is 0 Å². The van der Waals surface area contributed by atoms with E-state index >= 15 is 0 Å². The quantitative estimate of drug-likeness (QED) is 0.602. The number of aldehydes is 1. The first-order chi connectivity index (χ1) is 11.1. The van der Waals surface area contributed by atoms with Gasteiger partial charge in [0.2, 0.25) is 0 Å². The molecule has 2 heterocycles. The van der Waals surface area contributed by atoms with Crippen molar-refractivity contribution in [3.05, 3.63) is 35.1 Å². The molecule has 0 amide bonds. The van der Waals surface area contributed by atoms with Crippen LogP contribution in [0.3, 0.4) is 0 Å². The average Bonchev–Trinajstić information content (AvgIpc) is 2.71. The fourth-order valence-corrected chi connectivity index (χ4v) is 2.78. The van der Waals surface area contributed by atoms with Gasteiger partial charge in [0, 0.05) is 30.6 Å². The zero-order valence-corrected chi connectivity index (χ0v) is 15.5. The van der Waals surface area contributed by atoms with Crippen molar-refractivity contribution >= 4 is 36.4 Å². The largest absolute Gasteiger partial charge is 0.491 e. The summed E-state index contributed by atoms with van der Waals surface area (Å²) in [5.74, 6) is 0.456. The first-order valence-electron chi connectivity index (χ1n) is 7.74. The maximum Gasteiger partial charge on any atom is 0.491 e. The Morgan fingerprint density at radius 1 is 1.21 bits per heavy atom. The minimum atomic E-state index is -0.540. The number of thioether (sulfide) groups is 1. The van der Waals surface area contributed by atoms with Crippen molar-refractivity contribution in [1.29, 1.82) is 0 Å². The van der Waals surface area contributed by atoms with Gasteiger partial charge in [0.15, 0.2) is 11.4 Å². The third-order valence-electron chi connectivity index (χ3n) is 4.27. The molecule has 0 unspecified atom stereocenters. The van der Waals surface area contributed by atoms with Crippen LogP contribution in [0.5, 0.6) is 0 Å². The van der Waals surface area contributed by atoms with Crippen molar-refractivity contribution in [2.45, 2.75) is 45.8 Å². The Balaban J connectivity index is 2.33. The second kappa shape index (κ2) is 7.21. The molecule has 1 fully saturated rings. The highest BCUT2D eigenvalue weighted by atomic mass is 32.2. The minimum Gasteiger partial charge on any atom is -0.400 e. The first kappa shape index (κ1) is 18.9. The maximum atomic E-state index is 11.4. The van der Waals surface area contributed by atoms with E-state index in [-0.39, 0.29) is 5.12 Å². The van der Waals surface area contributed by atoms with Gasteiger partial charge >= 0.3 is 7.12 Å². The van der Waals surface area contributed by atoms with Gasteiger partial charge in [0.25, 0.3) is 0 Å². The summed E-state index contributed by atoms with van der Waals surface area (Å²) in [6.07, 6.45) is 5.79. The van der Waals surface area contributed by atoms with Crippen LogP contribution in [0.1, 0.15) is 50.5 Å². The Morgan fingerprint density at radius 2 is 1.79 bits per heavy atom. The molecule has 0 N–H and O–H groups in total. The van der Waals surface area contributed by atoms with Crippen molar-refractivity contribution in [2.24, 2.45) is 0 Å². The molecule has 2 rings (SSSR count). The molecule has 0 saturated carbocycles. The molecule has 0 aromatic carbocycles. The van der Waals surface area contributed by atoms with Crippen molar-refractivity contribution < 1.29 is 18.9 Å². The topological polar surface area (TPSA) is 65.5 Å². The van der Waals surface area contributed by atoms with Crippen LogP contribution in [-0.2, 0) is 14.1 Å². The minimum absolute atomic E-state index is 0.0252. The highest BCUT2D eigenvalue weighted by molar-refractivity contribution is 8.13. The molecule has 1 saturated heterocycles. The lowest BCUT2D eigenvalue weighted by Crippen LogP contribution is -2.41. The first-order valence-corrected chi connectivity index (χ1v) is 8.73. The van der Waals surface area contributed by atoms with Crippen LogP contribution in [0.25, 0.3) is 6.08 Å². The molecular weight excluding hydrogens is 325 g/mol. The lowest BCUT2D eigenvalue weighted by molar-refractivity contribution is -0.109. The van der Waals surface area contributed by atoms with Crippen molar-refractivity contribution in [2.75, 3.05) is 5.75 Å². The number of nitrogens with zero attached hydrogens (tertiary/aromatic N) is 1. The number of hydrogen-bond donors (Lipinski definition) is 0. The molecule has 5 nitrogen and oxygen atoms in total. The van der Waals surface area contributed by atoms with E-state index in [0.717, 1.165) is 17.3 Å². The van der Waals surface area contributed by atoms with Crippen molar-refractivity contribution in [1.82, 2.24) is 4.98 Å². The van der Waals surface area contributed by atoms with E-state index in [9.17, 15) is 9.59 Å². The smallest absolute Gasteiger partial charge is 0.400 e. The average molecular weight is 347 g/mol. The van der Waals surface area contributed by atoms with Crippen LogP contribution >= 0.6 is 11.8 Å². The molecule has 1 aromatic heterocycles. The second-order valence-corrected chi connectivity index (χ2v) is 7.91. The van der Waals surface area contributed by atoms with Gasteiger partial charge < -0.3 is 9.31 Å². The van der Waals surface area contributed by atoms with Crippen LogP contribution in [0.2, 0.25) is 0 Å². The number of carbonyl (C=O) groups is 2. The predicted molar refractivity (Wildman–Crippen MR) is 96.8 cm³/mol. The maximum absolute atomic E-state index is 11.4. The summed E-state index contributed by atoms with van der Waals surface area (Å²) in [4.78, 5) is 26.3. The third-order valence-corrected chi connectivity index (χ3v) is 5.15. The summed E-state index contributed by atoms with van der Waals surface area (Å²) in [7, 11) is -0.540. The summed E-state index contributed by atoms with van der Waals surface area (Å²) in [6.45, 7) is 9.46. The Morgan fingerprint density at radius 3 is 2.33 bits per heavy atom. The highest BCUT2D eigenvalue weighted by Gasteiger charge is 2.52. The number of pyridine rings is 1. The van der Waals surface area contributed by atoms with Gasteiger partial charge in [-0.2, -0.15) is 0 Å². The van der Waals surface area contributed by atoms with Crippen LogP contribution in [0, 0.1) is 0 Å². The van der Waals surface area contributed by atoms with E-state index in [1.807, 2.05) is 33.8 Å². The number of rotatable bonds is 5. The van der Waals surface area contributed by atoms with Gasteiger partial charge in [0.1, 0.15) is 0 Å². The van der Waals surface area contributed by atoms with Gasteiger partial charge in [-0.05, 0) is 44.8 Å². The van der Waals surface area contributed by atoms with E-state index in [2.05, 4.69) is 4.98 Å². The van der Waals surface area contributed by atoms with Crippen LogP contribution in [0.15, 0.2) is 23.9 Å². The molecule has 0 bridgehead atoms.